The smallest absolute Gasteiger partial charge is 0.223 e. The first kappa shape index (κ1) is 11.1. The van der Waals surface area contributed by atoms with Crippen LogP contribution in [0.15, 0.2) is 30.5 Å². The van der Waals surface area contributed by atoms with Gasteiger partial charge in [0.15, 0.2) is 0 Å². The largest absolute Gasteiger partial charge is 0.351 e. The predicted molar refractivity (Wildman–Crippen MR) is 64.0 cm³/mol. The molecular weight excluding hydrogens is 236 g/mol. The molecular formula is C13H11F2N3. The molecule has 1 aromatic carbocycles. The third-order valence-electron chi connectivity index (χ3n) is 2.79. The van der Waals surface area contributed by atoms with E-state index < -0.39 is 11.6 Å². The van der Waals surface area contributed by atoms with Gasteiger partial charge >= 0.3 is 0 Å². The van der Waals surface area contributed by atoms with Crippen LogP contribution in [0.2, 0.25) is 0 Å². The lowest BCUT2D eigenvalue weighted by Crippen LogP contribution is -2.06. The van der Waals surface area contributed by atoms with Gasteiger partial charge in [0.2, 0.25) is 5.95 Å². The first-order valence-corrected chi connectivity index (χ1v) is 5.78. The molecule has 0 saturated heterocycles. The highest BCUT2D eigenvalue weighted by atomic mass is 19.1. The van der Waals surface area contributed by atoms with Gasteiger partial charge in [0, 0.05) is 12.2 Å². The van der Waals surface area contributed by atoms with Crippen LogP contribution in [0.25, 0.3) is 11.3 Å². The van der Waals surface area contributed by atoms with Crippen molar-refractivity contribution in [3.05, 3.63) is 42.1 Å². The maximum atomic E-state index is 13.6. The molecule has 92 valence electrons. The molecule has 1 N–H and O–H groups in total. The zero-order valence-electron chi connectivity index (χ0n) is 9.53. The van der Waals surface area contributed by atoms with Crippen molar-refractivity contribution in [2.45, 2.75) is 18.9 Å². The summed E-state index contributed by atoms with van der Waals surface area (Å²) in [4.78, 5) is 8.18. The molecule has 3 rings (SSSR count). The predicted octanol–water partition coefficient (Wildman–Crippen LogP) is 3.00. The van der Waals surface area contributed by atoms with E-state index in [4.69, 9.17) is 0 Å². The van der Waals surface area contributed by atoms with E-state index in [1.807, 2.05) is 0 Å². The Labute approximate surface area is 103 Å². The Morgan fingerprint density at radius 1 is 1.11 bits per heavy atom. The molecule has 0 atom stereocenters. The van der Waals surface area contributed by atoms with Crippen molar-refractivity contribution >= 4 is 5.95 Å². The van der Waals surface area contributed by atoms with E-state index in [0.717, 1.165) is 12.8 Å². The minimum atomic E-state index is -0.619. The molecule has 1 aliphatic carbocycles. The highest BCUT2D eigenvalue weighted by Crippen LogP contribution is 2.26. The van der Waals surface area contributed by atoms with Gasteiger partial charge in [0.05, 0.1) is 11.3 Å². The molecule has 0 unspecified atom stereocenters. The van der Waals surface area contributed by atoms with Crippen molar-refractivity contribution < 1.29 is 8.78 Å². The fourth-order valence-electron chi connectivity index (χ4n) is 1.72. The summed E-state index contributed by atoms with van der Waals surface area (Å²) in [6, 6.07) is 5.66. The molecule has 18 heavy (non-hydrogen) atoms. The van der Waals surface area contributed by atoms with Crippen LogP contribution in [0.4, 0.5) is 14.7 Å². The Bertz CT molecular complexity index is 562. The van der Waals surface area contributed by atoms with E-state index in [1.165, 1.54) is 30.5 Å². The Morgan fingerprint density at radius 2 is 1.83 bits per heavy atom. The van der Waals surface area contributed by atoms with Crippen LogP contribution in [0.5, 0.6) is 0 Å². The number of nitrogens with zero attached hydrogens (tertiary/aromatic N) is 2. The number of hydrogen-bond acceptors (Lipinski definition) is 3. The Balaban J connectivity index is 2.00. The molecule has 1 saturated carbocycles. The number of halogens is 2. The van der Waals surface area contributed by atoms with E-state index in [1.54, 1.807) is 0 Å². The molecule has 1 heterocycles. The molecule has 3 nitrogen and oxygen atoms in total. The van der Waals surface area contributed by atoms with Crippen LogP contribution in [0.3, 0.4) is 0 Å². The fourth-order valence-corrected chi connectivity index (χ4v) is 1.72. The first-order chi connectivity index (χ1) is 8.74. The third kappa shape index (κ3) is 2.16. The standard InChI is InChI=1S/C13H11F2N3/c14-9-2-1-3-10(15)12(9)11-6-7-16-13(18-11)17-8-4-5-8/h1-3,6-8H,4-5H2,(H,16,17,18). The number of nitrogens with one attached hydrogen (secondary N) is 1. The third-order valence-corrected chi connectivity index (χ3v) is 2.79. The van der Waals surface area contributed by atoms with Crippen molar-refractivity contribution in [2.75, 3.05) is 5.32 Å². The molecule has 1 fully saturated rings. The van der Waals surface area contributed by atoms with Gasteiger partial charge in [-0.15, -0.1) is 0 Å². The molecule has 1 aliphatic rings. The number of hydrogen-bond donors (Lipinski definition) is 1. The van der Waals surface area contributed by atoms with Crippen LogP contribution >= 0.6 is 0 Å². The molecule has 1 aromatic heterocycles. The van der Waals surface area contributed by atoms with Gasteiger partial charge < -0.3 is 5.32 Å². The monoisotopic (exact) mass is 247 g/mol. The molecule has 0 bridgehead atoms. The maximum absolute atomic E-state index is 13.6. The zero-order valence-corrected chi connectivity index (χ0v) is 9.53. The normalized spacial score (nSPS) is 14.6. The van der Waals surface area contributed by atoms with Crippen molar-refractivity contribution in [3.8, 4) is 11.3 Å². The van der Waals surface area contributed by atoms with Gasteiger partial charge in [-0.3, -0.25) is 0 Å². The second-order valence-corrected chi connectivity index (χ2v) is 4.28. The minimum Gasteiger partial charge on any atom is -0.351 e. The van der Waals surface area contributed by atoms with Gasteiger partial charge in [0.25, 0.3) is 0 Å². The molecule has 0 aliphatic heterocycles. The van der Waals surface area contributed by atoms with Gasteiger partial charge in [-0.2, -0.15) is 0 Å². The average molecular weight is 247 g/mol. The van der Waals surface area contributed by atoms with Crippen LogP contribution in [-0.2, 0) is 0 Å². The lowest BCUT2D eigenvalue weighted by molar-refractivity contribution is 0.588. The number of benzene rings is 1. The first-order valence-electron chi connectivity index (χ1n) is 5.78. The lowest BCUT2D eigenvalue weighted by Gasteiger charge is -2.06. The van der Waals surface area contributed by atoms with E-state index in [0.29, 0.717) is 12.0 Å². The Kier molecular flexibility index (Phi) is 2.66. The maximum Gasteiger partial charge on any atom is 0.223 e. The van der Waals surface area contributed by atoms with Gasteiger partial charge in [-0.1, -0.05) is 6.07 Å². The van der Waals surface area contributed by atoms with Gasteiger partial charge in [-0.25, -0.2) is 18.7 Å². The van der Waals surface area contributed by atoms with E-state index in [9.17, 15) is 8.78 Å². The van der Waals surface area contributed by atoms with Crippen LogP contribution in [0.1, 0.15) is 12.8 Å². The molecule has 0 radical (unpaired) electrons. The second kappa shape index (κ2) is 4.33. The second-order valence-electron chi connectivity index (χ2n) is 4.28. The summed E-state index contributed by atoms with van der Waals surface area (Å²) >= 11 is 0. The highest BCUT2D eigenvalue weighted by Gasteiger charge is 2.22. The summed E-state index contributed by atoms with van der Waals surface area (Å²) < 4.78 is 27.2. The van der Waals surface area contributed by atoms with Crippen LogP contribution < -0.4 is 5.32 Å². The molecule has 5 heteroatoms. The average Bonchev–Trinajstić information content (AvgIpc) is 3.13. The quantitative estimate of drug-likeness (QED) is 0.906. The topological polar surface area (TPSA) is 37.8 Å². The van der Waals surface area contributed by atoms with E-state index in [-0.39, 0.29) is 11.3 Å². The number of anilines is 1. The highest BCUT2D eigenvalue weighted by molar-refractivity contribution is 5.61. The van der Waals surface area contributed by atoms with Crippen LogP contribution in [0, 0.1) is 11.6 Å². The summed E-state index contributed by atoms with van der Waals surface area (Å²) in [6.07, 6.45) is 3.67. The zero-order chi connectivity index (χ0) is 12.5. The summed E-state index contributed by atoms with van der Waals surface area (Å²) in [5.74, 6) is -0.824. The number of aromatic nitrogens is 2. The van der Waals surface area contributed by atoms with Crippen molar-refractivity contribution in [2.24, 2.45) is 0 Å². The summed E-state index contributed by atoms with van der Waals surface area (Å²) in [5, 5.41) is 3.10. The van der Waals surface area contributed by atoms with Crippen LogP contribution in [-0.4, -0.2) is 16.0 Å². The van der Waals surface area contributed by atoms with Crippen molar-refractivity contribution in [1.82, 2.24) is 9.97 Å². The summed E-state index contributed by atoms with van der Waals surface area (Å²) in [6.45, 7) is 0. The number of rotatable bonds is 3. The lowest BCUT2D eigenvalue weighted by atomic mass is 10.1. The Morgan fingerprint density at radius 3 is 2.50 bits per heavy atom. The van der Waals surface area contributed by atoms with E-state index >= 15 is 0 Å². The van der Waals surface area contributed by atoms with Gasteiger partial charge in [0.1, 0.15) is 11.6 Å². The van der Waals surface area contributed by atoms with Crippen molar-refractivity contribution in [1.29, 1.82) is 0 Å². The summed E-state index contributed by atoms with van der Waals surface area (Å²) in [5.41, 5.74) is 0.141. The molecule has 2 aromatic rings. The minimum absolute atomic E-state index is 0.112. The van der Waals surface area contributed by atoms with E-state index in [2.05, 4.69) is 15.3 Å². The molecule has 0 amide bonds. The van der Waals surface area contributed by atoms with Crippen molar-refractivity contribution in [3.63, 3.8) is 0 Å². The fraction of sp³-hybridized carbons (Fsp3) is 0.231. The summed E-state index contributed by atoms with van der Waals surface area (Å²) in [7, 11) is 0. The molecule has 0 spiro atoms. The van der Waals surface area contributed by atoms with Gasteiger partial charge in [-0.05, 0) is 31.0 Å². The Hall–Kier alpha value is -2.04. The SMILES string of the molecule is Fc1cccc(F)c1-c1ccnc(NC2CC2)n1.